The normalized spacial score (nSPS) is 13.0. The zero-order valence-corrected chi connectivity index (χ0v) is 18.1. The van der Waals surface area contributed by atoms with Crippen LogP contribution < -0.4 is 4.57 Å². The van der Waals surface area contributed by atoms with Crippen molar-refractivity contribution in [2.45, 2.75) is 54.4 Å². The van der Waals surface area contributed by atoms with E-state index >= 15 is 0 Å². The van der Waals surface area contributed by atoms with E-state index in [1.165, 1.54) is 22.3 Å². The number of pyridine rings is 1. The Bertz CT molecular complexity index is 1070. The molecule has 0 saturated carbocycles. The molecule has 1 heteroatoms. The second kappa shape index (κ2) is 7.46. The molecular weight excluding hydrogens is 326 g/mol. The highest BCUT2D eigenvalue weighted by Gasteiger charge is 2.22. The van der Waals surface area contributed by atoms with E-state index in [9.17, 15) is 0 Å². The van der Waals surface area contributed by atoms with Gasteiger partial charge in [0.05, 0.1) is 12.3 Å². The van der Waals surface area contributed by atoms with Crippen LogP contribution >= 0.6 is 0 Å². The molecule has 0 N–H and O–H groups in total. The molecule has 2 aromatic carbocycles. The molecule has 0 aliphatic carbocycles. The smallest absolute Gasteiger partial charge is 0.200 e. The molecule has 0 atom stereocenters. The van der Waals surface area contributed by atoms with Crippen LogP contribution in [0.4, 0.5) is 0 Å². The van der Waals surface area contributed by atoms with E-state index in [-0.39, 0.29) is 6.17 Å². The van der Waals surface area contributed by atoms with Crippen molar-refractivity contribution < 1.29 is 7.31 Å². The van der Waals surface area contributed by atoms with Crippen molar-refractivity contribution >= 4 is 10.8 Å². The van der Waals surface area contributed by atoms with Crippen LogP contribution in [0.1, 0.15) is 58.6 Å². The first-order valence-electron chi connectivity index (χ1n) is 11.1. The van der Waals surface area contributed by atoms with Gasteiger partial charge in [-0.15, -0.1) is 0 Å². The number of fused-ring (bicyclic) bond motifs is 1. The fourth-order valence-electron chi connectivity index (χ4n) is 4.61. The van der Waals surface area contributed by atoms with Crippen molar-refractivity contribution in [3.63, 3.8) is 0 Å². The molecule has 3 rings (SSSR count). The van der Waals surface area contributed by atoms with E-state index < -0.39 is 0 Å². The van der Waals surface area contributed by atoms with E-state index in [2.05, 4.69) is 78.8 Å². The number of aromatic nitrogens is 1. The molecule has 1 heterocycles. The summed E-state index contributed by atoms with van der Waals surface area (Å²) in [7, 11) is 1.91. The molecule has 0 amide bonds. The average Bonchev–Trinajstić information content (AvgIpc) is 2.63. The van der Waals surface area contributed by atoms with Gasteiger partial charge in [-0.05, 0) is 72.7 Å². The van der Waals surface area contributed by atoms with Crippen molar-refractivity contribution in [2.75, 3.05) is 0 Å². The van der Waals surface area contributed by atoms with Crippen LogP contribution in [0.5, 0.6) is 0 Å². The molecular formula is C26H34N+. The van der Waals surface area contributed by atoms with Crippen molar-refractivity contribution in [2.24, 2.45) is 18.9 Å². The Labute approximate surface area is 167 Å². The lowest BCUT2D eigenvalue weighted by atomic mass is 9.79. The minimum atomic E-state index is 0.258. The third-order valence-corrected chi connectivity index (χ3v) is 5.88. The highest BCUT2D eigenvalue weighted by Crippen LogP contribution is 2.36. The topological polar surface area (TPSA) is 3.88 Å². The molecule has 0 saturated heterocycles. The summed E-state index contributed by atoms with van der Waals surface area (Å²) < 4.78 is 19.2. The van der Waals surface area contributed by atoms with E-state index in [4.69, 9.17) is 2.74 Å². The number of nitrogens with zero attached hydrogens (tertiary/aromatic N) is 1. The van der Waals surface area contributed by atoms with Gasteiger partial charge in [-0.3, -0.25) is 0 Å². The highest BCUT2D eigenvalue weighted by molar-refractivity contribution is 5.94. The molecule has 0 fully saturated rings. The first-order chi connectivity index (χ1) is 13.5. The van der Waals surface area contributed by atoms with Gasteiger partial charge >= 0.3 is 0 Å². The van der Waals surface area contributed by atoms with Crippen LogP contribution in [0.3, 0.4) is 0 Å². The summed E-state index contributed by atoms with van der Waals surface area (Å²) in [6.07, 6.45) is 0.258. The zero-order valence-electron chi connectivity index (χ0n) is 20.1. The van der Waals surface area contributed by atoms with Gasteiger partial charge in [0.15, 0.2) is 6.17 Å². The summed E-state index contributed by atoms with van der Waals surface area (Å²) in [5.41, 5.74) is 7.16. The van der Waals surface area contributed by atoms with Gasteiger partial charge in [-0.1, -0.05) is 51.5 Å². The van der Waals surface area contributed by atoms with Crippen molar-refractivity contribution in [1.29, 1.82) is 0 Å². The van der Waals surface area contributed by atoms with Crippen LogP contribution in [0.25, 0.3) is 22.0 Å². The van der Waals surface area contributed by atoms with Gasteiger partial charge in [0.25, 0.3) is 0 Å². The Kier molecular flexibility index (Phi) is 4.69. The summed E-state index contributed by atoms with van der Waals surface area (Å²) in [6, 6.07) is 11.3. The number of hydrogen-bond donors (Lipinski definition) is 0. The predicted octanol–water partition coefficient (Wildman–Crippen LogP) is 6.65. The first kappa shape index (κ1) is 17.0. The third-order valence-electron chi connectivity index (χ3n) is 5.88. The number of hydrogen-bond acceptors (Lipinski definition) is 0. The second-order valence-corrected chi connectivity index (χ2v) is 8.72. The summed E-state index contributed by atoms with van der Waals surface area (Å²) >= 11 is 0. The van der Waals surface area contributed by atoms with Crippen molar-refractivity contribution in [1.82, 2.24) is 0 Å². The molecule has 0 spiro atoms. The Morgan fingerprint density at radius 2 is 1.59 bits per heavy atom. The Hall–Kier alpha value is -2.15. The molecule has 0 bridgehead atoms. The quantitative estimate of drug-likeness (QED) is 0.457. The van der Waals surface area contributed by atoms with E-state index in [0.717, 1.165) is 22.0 Å². The Balaban J connectivity index is 2.39. The van der Waals surface area contributed by atoms with E-state index in [1.54, 1.807) is 0 Å². The van der Waals surface area contributed by atoms with Gasteiger partial charge < -0.3 is 0 Å². The lowest BCUT2D eigenvalue weighted by Crippen LogP contribution is -2.31. The monoisotopic (exact) mass is 362 g/mol. The molecule has 0 aliphatic heterocycles. The standard InChI is InChI=1S/C26H34N/c1-16(2)25(17(3)4)22-9-10-23-21(15-22)11-12-27(8)26(23)24-14-18(5)13-19(6)20(24)7/h9-17,25H,1-8H3/q+1/i11D,12D. The fraction of sp³-hybridized carbons (Fsp3) is 0.423. The average molecular weight is 363 g/mol. The highest BCUT2D eigenvalue weighted by atomic mass is 14.9. The lowest BCUT2D eigenvalue weighted by Gasteiger charge is -2.25. The minimum Gasteiger partial charge on any atom is -0.200 e. The number of rotatable bonds is 4. The molecule has 3 aromatic rings. The summed E-state index contributed by atoms with van der Waals surface area (Å²) in [5.74, 6) is 1.49. The maximum atomic E-state index is 8.67. The van der Waals surface area contributed by atoms with Gasteiger partial charge in [0.1, 0.15) is 8.42 Å². The molecule has 1 aromatic heterocycles. The number of benzene rings is 2. The molecule has 27 heavy (non-hydrogen) atoms. The predicted molar refractivity (Wildman–Crippen MR) is 117 cm³/mol. The first-order valence-corrected chi connectivity index (χ1v) is 10.1. The Morgan fingerprint density at radius 3 is 2.22 bits per heavy atom. The molecule has 0 aliphatic rings. The summed E-state index contributed by atoms with van der Waals surface area (Å²) in [4.78, 5) is 0. The van der Waals surface area contributed by atoms with E-state index in [1.807, 2.05) is 11.6 Å². The molecule has 0 radical (unpaired) electrons. The Morgan fingerprint density at radius 1 is 0.926 bits per heavy atom. The maximum absolute atomic E-state index is 8.67. The van der Waals surface area contributed by atoms with Crippen LogP contribution in [0.15, 0.2) is 42.5 Å². The largest absolute Gasteiger partial charge is 0.220 e. The molecule has 1 nitrogen and oxygen atoms in total. The van der Waals surface area contributed by atoms with Gasteiger partial charge in [0, 0.05) is 6.04 Å². The third kappa shape index (κ3) is 3.65. The van der Waals surface area contributed by atoms with Crippen LogP contribution in [-0.2, 0) is 7.05 Å². The SMILES string of the molecule is [2H]c1c([2H])[n+](C)c(-c2cc(C)cc(C)c2C)c2ccc(C(C(C)C)C(C)C)cc12. The van der Waals surface area contributed by atoms with Crippen LogP contribution in [0.2, 0.25) is 0 Å². The number of aryl methyl sites for hydroxylation is 2. The lowest BCUT2D eigenvalue weighted by molar-refractivity contribution is -0.659. The molecule has 142 valence electrons. The summed E-state index contributed by atoms with van der Waals surface area (Å²) in [5, 5.41) is 1.93. The van der Waals surface area contributed by atoms with Crippen LogP contribution in [0, 0.1) is 32.6 Å². The van der Waals surface area contributed by atoms with Gasteiger partial charge in [-0.2, -0.15) is 0 Å². The molecule has 0 unspecified atom stereocenters. The van der Waals surface area contributed by atoms with Gasteiger partial charge in [0.2, 0.25) is 5.69 Å². The second-order valence-electron chi connectivity index (χ2n) is 8.72. The van der Waals surface area contributed by atoms with Crippen molar-refractivity contribution in [3.8, 4) is 11.3 Å². The maximum Gasteiger partial charge on any atom is 0.220 e. The van der Waals surface area contributed by atoms with Crippen molar-refractivity contribution in [3.05, 3.63) is 64.8 Å². The van der Waals surface area contributed by atoms with Gasteiger partial charge in [-0.25, -0.2) is 4.57 Å². The fourth-order valence-corrected chi connectivity index (χ4v) is 4.61. The summed E-state index contributed by atoms with van der Waals surface area (Å²) in [6.45, 7) is 15.5. The van der Waals surface area contributed by atoms with E-state index in [0.29, 0.717) is 23.8 Å². The van der Waals surface area contributed by atoms with Crippen LogP contribution in [-0.4, -0.2) is 0 Å². The zero-order chi connectivity index (χ0) is 21.6. The minimum absolute atomic E-state index is 0.258.